The third kappa shape index (κ3) is 3.17. The van der Waals surface area contributed by atoms with E-state index in [-0.39, 0.29) is 4.90 Å². The fourth-order valence-corrected chi connectivity index (χ4v) is 3.08. The van der Waals surface area contributed by atoms with Crippen LogP contribution in [0.1, 0.15) is 5.56 Å². The first kappa shape index (κ1) is 15.3. The lowest BCUT2D eigenvalue weighted by molar-refractivity contribution is 0.415. The lowest BCUT2D eigenvalue weighted by Gasteiger charge is -2.20. The van der Waals surface area contributed by atoms with Crippen molar-refractivity contribution in [3.8, 4) is 5.75 Å². The summed E-state index contributed by atoms with van der Waals surface area (Å²) in [7, 11) is -0.499. The summed E-state index contributed by atoms with van der Waals surface area (Å²) in [5.74, 6) is 0.678. The van der Waals surface area contributed by atoms with Gasteiger partial charge in [0.15, 0.2) is 0 Å². The molecule has 2 aromatic carbocycles. The Morgan fingerprint density at radius 1 is 1.05 bits per heavy atom. The number of ether oxygens (including phenoxy) is 1. The molecule has 5 nitrogen and oxygen atoms in total. The van der Waals surface area contributed by atoms with E-state index in [1.807, 2.05) is 0 Å². The lowest BCUT2D eigenvalue weighted by atomic mass is 10.2. The van der Waals surface area contributed by atoms with Crippen LogP contribution in [0.3, 0.4) is 0 Å². The molecule has 0 aromatic heterocycles. The van der Waals surface area contributed by atoms with Crippen LogP contribution < -0.4 is 14.8 Å². The second kappa shape index (κ2) is 6.15. The van der Waals surface area contributed by atoms with Gasteiger partial charge in [0, 0.05) is 13.6 Å². The number of sulfonamides is 1. The molecule has 0 bridgehead atoms. The molecule has 0 radical (unpaired) electrons. The molecule has 0 aliphatic rings. The van der Waals surface area contributed by atoms with Crippen LogP contribution in [0.5, 0.6) is 5.75 Å². The molecule has 0 atom stereocenters. The number of anilines is 1. The minimum atomic E-state index is -3.58. The van der Waals surface area contributed by atoms with Crippen molar-refractivity contribution in [1.82, 2.24) is 0 Å². The molecule has 0 fully saturated rings. The fourth-order valence-electron chi connectivity index (χ4n) is 1.89. The maximum Gasteiger partial charge on any atom is 0.264 e. The van der Waals surface area contributed by atoms with Crippen molar-refractivity contribution in [2.75, 3.05) is 18.5 Å². The number of benzene rings is 2. The minimum Gasteiger partial charge on any atom is -0.497 e. The summed E-state index contributed by atoms with van der Waals surface area (Å²) >= 11 is 0. The van der Waals surface area contributed by atoms with E-state index in [0.29, 0.717) is 18.0 Å². The molecule has 0 heterocycles. The number of nitrogens with two attached hydrogens (primary N) is 1. The van der Waals surface area contributed by atoms with E-state index in [1.54, 1.807) is 55.6 Å². The maximum absolute atomic E-state index is 12.6. The van der Waals surface area contributed by atoms with E-state index in [4.69, 9.17) is 10.5 Å². The van der Waals surface area contributed by atoms with Gasteiger partial charge in [-0.15, -0.1) is 0 Å². The Hall–Kier alpha value is -2.05. The van der Waals surface area contributed by atoms with E-state index >= 15 is 0 Å². The molecule has 112 valence electrons. The molecule has 2 rings (SSSR count). The van der Waals surface area contributed by atoms with Crippen molar-refractivity contribution in [2.24, 2.45) is 5.73 Å². The van der Waals surface area contributed by atoms with Gasteiger partial charge in [0.25, 0.3) is 10.0 Å². The van der Waals surface area contributed by atoms with Crippen LogP contribution in [0.15, 0.2) is 53.4 Å². The Morgan fingerprint density at radius 2 is 1.62 bits per heavy atom. The van der Waals surface area contributed by atoms with Gasteiger partial charge >= 0.3 is 0 Å². The van der Waals surface area contributed by atoms with Crippen molar-refractivity contribution < 1.29 is 13.2 Å². The molecule has 2 aromatic rings. The van der Waals surface area contributed by atoms with Crippen LogP contribution in [-0.4, -0.2) is 22.6 Å². The summed E-state index contributed by atoms with van der Waals surface area (Å²) in [4.78, 5) is 0.234. The molecule has 0 aliphatic heterocycles. The standard InChI is InChI=1S/C15H18N2O3S/c1-17(13-5-7-14(20-2)8-6-13)21(18,19)15-9-3-12(11-16)4-10-15/h3-10H,11,16H2,1-2H3. The molecule has 0 aliphatic carbocycles. The second-order valence-corrected chi connectivity index (χ2v) is 6.49. The van der Waals surface area contributed by atoms with Gasteiger partial charge in [-0.05, 0) is 42.0 Å². The maximum atomic E-state index is 12.6. The van der Waals surface area contributed by atoms with Gasteiger partial charge in [0.2, 0.25) is 0 Å². The number of nitrogens with zero attached hydrogens (tertiary/aromatic N) is 1. The first-order valence-electron chi connectivity index (χ1n) is 6.41. The molecule has 21 heavy (non-hydrogen) atoms. The highest BCUT2D eigenvalue weighted by Crippen LogP contribution is 2.24. The molecule has 0 unspecified atom stereocenters. The molecule has 0 spiro atoms. The summed E-state index contributed by atoms with van der Waals surface area (Å²) in [6.45, 7) is 0.384. The Bertz CT molecular complexity index is 695. The highest BCUT2D eigenvalue weighted by Gasteiger charge is 2.21. The van der Waals surface area contributed by atoms with Gasteiger partial charge in [-0.3, -0.25) is 4.31 Å². The van der Waals surface area contributed by atoms with Crippen LogP contribution in [0.25, 0.3) is 0 Å². The number of hydrogen-bond acceptors (Lipinski definition) is 4. The molecule has 0 saturated heterocycles. The van der Waals surface area contributed by atoms with E-state index < -0.39 is 10.0 Å². The van der Waals surface area contributed by atoms with Crippen molar-refractivity contribution in [3.05, 3.63) is 54.1 Å². The third-order valence-corrected chi connectivity index (χ3v) is 5.05. The number of methoxy groups -OCH3 is 1. The highest BCUT2D eigenvalue weighted by atomic mass is 32.2. The van der Waals surface area contributed by atoms with Crippen LogP contribution in [0.2, 0.25) is 0 Å². The van der Waals surface area contributed by atoms with E-state index in [2.05, 4.69) is 0 Å². The lowest BCUT2D eigenvalue weighted by Crippen LogP contribution is -2.26. The Morgan fingerprint density at radius 3 is 2.10 bits per heavy atom. The first-order chi connectivity index (χ1) is 9.98. The molecule has 2 N–H and O–H groups in total. The second-order valence-electron chi connectivity index (χ2n) is 4.52. The molecule has 6 heteroatoms. The first-order valence-corrected chi connectivity index (χ1v) is 7.85. The van der Waals surface area contributed by atoms with Crippen molar-refractivity contribution in [1.29, 1.82) is 0 Å². The van der Waals surface area contributed by atoms with Crippen LogP contribution in [0, 0.1) is 0 Å². The molecule has 0 amide bonds. The Balaban J connectivity index is 2.32. The monoisotopic (exact) mass is 306 g/mol. The summed E-state index contributed by atoms with van der Waals surface area (Å²) in [5.41, 5.74) is 6.97. The smallest absolute Gasteiger partial charge is 0.264 e. The predicted molar refractivity (Wildman–Crippen MR) is 82.9 cm³/mol. The summed E-state index contributed by atoms with van der Waals surface area (Å²) < 4.78 is 31.4. The fraction of sp³-hybridized carbons (Fsp3) is 0.200. The molecule has 0 saturated carbocycles. The van der Waals surface area contributed by atoms with Crippen molar-refractivity contribution >= 4 is 15.7 Å². The van der Waals surface area contributed by atoms with Crippen LogP contribution >= 0.6 is 0 Å². The number of hydrogen-bond donors (Lipinski definition) is 1. The van der Waals surface area contributed by atoms with Gasteiger partial charge < -0.3 is 10.5 Å². The minimum absolute atomic E-state index is 0.234. The van der Waals surface area contributed by atoms with Gasteiger partial charge in [-0.1, -0.05) is 12.1 Å². The zero-order valence-electron chi connectivity index (χ0n) is 12.0. The normalized spacial score (nSPS) is 11.2. The van der Waals surface area contributed by atoms with Gasteiger partial charge in [-0.25, -0.2) is 8.42 Å². The summed E-state index contributed by atoms with van der Waals surface area (Å²) in [6.07, 6.45) is 0. The zero-order valence-corrected chi connectivity index (χ0v) is 12.8. The van der Waals surface area contributed by atoms with Crippen LogP contribution in [-0.2, 0) is 16.6 Å². The largest absolute Gasteiger partial charge is 0.497 e. The predicted octanol–water partition coefficient (Wildman–Crippen LogP) is 1.98. The highest BCUT2D eigenvalue weighted by molar-refractivity contribution is 7.92. The molecular weight excluding hydrogens is 288 g/mol. The molecular formula is C15H18N2O3S. The summed E-state index contributed by atoms with van der Waals surface area (Å²) in [5, 5.41) is 0. The summed E-state index contributed by atoms with van der Waals surface area (Å²) in [6, 6.07) is 13.4. The Kier molecular flexibility index (Phi) is 4.50. The van der Waals surface area contributed by atoms with Gasteiger partial charge in [-0.2, -0.15) is 0 Å². The third-order valence-electron chi connectivity index (χ3n) is 3.25. The average Bonchev–Trinajstić information content (AvgIpc) is 2.54. The van der Waals surface area contributed by atoms with Crippen molar-refractivity contribution in [2.45, 2.75) is 11.4 Å². The number of rotatable bonds is 5. The van der Waals surface area contributed by atoms with Gasteiger partial charge in [0.05, 0.1) is 17.7 Å². The van der Waals surface area contributed by atoms with Gasteiger partial charge in [0.1, 0.15) is 5.75 Å². The zero-order chi connectivity index (χ0) is 15.5. The van der Waals surface area contributed by atoms with Crippen LogP contribution in [0.4, 0.5) is 5.69 Å². The topological polar surface area (TPSA) is 72.6 Å². The van der Waals surface area contributed by atoms with Crippen molar-refractivity contribution in [3.63, 3.8) is 0 Å². The Labute approximate surface area is 125 Å². The van der Waals surface area contributed by atoms with E-state index in [9.17, 15) is 8.42 Å². The average molecular weight is 306 g/mol. The van der Waals surface area contributed by atoms with E-state index in [1.165, 1.54) is 11.4 Å². The quantitative estimate of drug-likeness (QED) is 0.917. The SMILES string of the molecule is COc1ccc(N(C)S(=O)(=O)c2ccc(CN)cc2)cc1. The van der Waals surface area contributed by atoms with E-state index in [0.717, 1.165) is 5.56 Å².